The van der Waals surface area contributed by atoms with Gasteiger partial charge in [0.05, 0.1) is 16.8 Å². The highest BCUT2D eigenvalue weighted by Gasteiger charge is 2.17. The van der Waals surface area contributed by atoms with E-state index in [9.17, 15) is 4.79 Å². The third-order valence-corrected chi connectivity index (χ3v) is 5.56. The Bertz CT molecular complexity index is 642. The lowest BCUT2D eigenvalue weighted by molar-refractivity contribution is 0.103. The largest absolute Gasteiger partial charge is 0.320 e. The molecule has 0 saturated heterocycles. The molecule has 0 aliphatic heterocycles. The van der Waals surface area contributed by atoms with Crippen molar-refractivity contribution < 1.29 is 4.79 Å². The van der Waals surface area contributed by atoms with Crippen molar-refractivity contribution in [3.05, 3.63) is 43.8 Å². The number of hydrogen-bond acceptors (Lipinski definition) is 3. The summed E-state index contributed by atoms with van der Waals surface area (Å²) in [7, 11) is 0. The van der Waals surface area contributed by atoms with Crippen LogP contribution in [0.4, 0.5) is 5.69 Å². The third-order valence-electron chi connectivity index (χ3n) is 3.49. The van der Waals surface area contributed by atoms with Crippen molar-refractivity contribution in [2.75, 3.05) is 5.32 Å². The minimum absolute atomic E-state index is 0.0343. The molecule has 2 aromatic heterocycles. The fourth-order valence-corrected chi connectivity index (χ4v) is 3.79. The van der Waals surface area contributed by atoms with Crippen LogP contribution in [-0.4, -0.2) is 10.9 Å². The van der Waals surface area contributed by atoms with E-state index in [0.29, 0.717) is 0 Å². The summed E-state index contributed by atoms with van der Waals surface area (Å²) in [5, 5.41) is 2.92. The molecule has 3 nitrogen and oxygen atoms in total. The third kappa shape index (κ3) is 2.79. The number of pyridine rings is 1. The van der Waals surface area contributed by atoms with Crippen LogP contribution in [0.3, 0.4) is 0 Å². The fraction of sp³-hybridized carbons (Fsp3) is 0.333. The molecule has 0 radical (unpaired) electrons. The Hall–Kier alpha value is -1.20. The zero-order valence-corrected chi connectivity index (χ0v) is 13.6. The molecule has 0 aromatic carbocycles. The second-order valence-corrected chi connectivity index (χ2v) is 6.94. The molecule has 3 rings (SSSR count). The summed E-state index contributed by atoms with van der Waals surface area (Å²) < 4.78 is 0.807. The SMILES string of the molecule is Cc1cc(NC(=O)c2cc3c(s2)CCCC3)cnc1Br. The van der Waals surface area contributed by atoms with E-state index in [4.69, 9.17) is 0 Å². The highest BCUT2D eigenvalue weighted by molar-refractivity contribution is 9.10. The molecule has 1 amide bonds. The number of anilines is 1. The molecule has 0 atom stereocenters. The van der Waals surface area contributed by atoms with E-state index in [1.165, 1.54) is 23.3 Å². The van der Waals surface area contributed by atoms with Crippen LogP contribution in [0, 0.1) is 6.92 Å². The molecule has 1 aliphatic rings. The van der Waals surface area contributed by atoms with Gasteiger partial charge in [-0.25, -0.2) is 4.98 Å². The second kappa shape index (κ2) is 5.66. The number of halogens is 1. The quantitative estimate of drug-likeness (QED) is 0.818. The number of carbonyl (C=O) groups is 1. The smallest absolute Gasteiger partial charge is 0.265 e. The Labute approximate surface area is 130 Å². The van der Waals surface area contributed by atoms with Crippen molar-refractivity contribution in [2.24, 2.45) is 0 Å². The van der Waals surface area contributed by atoms with Gasteiger partial charge in [0.25, 0.3) is 5.91 Å². The maximum Gasteiger partial charge on any atom is 0.265 e. The maximum absolute atomic E-state index is 12.3. The molecule has 5 heteroatoms. The molecule has 0 bridgehead atoms. The molecule has 0 spiro atoms. The normalized spacial score (nSPS) is 13.9. The van der Waals surface area contributed by atoms with Crippen LogP contribution in [0.2, 0.25) is 0 Å². The van der Waals surface area contributed by atoms with E-state index in [2.05, 4.69) is 26.2 Å². The predicted octanol–water partition coefficient (Wildman–Crippen LogP) is 4.35. The minimum Gasteiger partial charge on any atom is -0.320 e. The number of aromatic nitrogens is 1. The molecule has 20 heavy (non-hydrogen) atoms. The van der Waals surface area contributed by atoms with Gasteiger partial charge >= 0.3 is 0 Å². The summed E-state index contributed by atoms with van der Waals surface area (Å²) in [6.45, 7) is 1.95. The number of aryl methyl sites for hydroxylation is 3. The summed E-state index contributed by atoms with van der Waals surface area (Å²) in [5.41, 5.74) is 3.10. The van der Waals surface area contributed by atoms with E-state index >= 15 is 0 Å². The average Bonchev–Trinajstić information content (AvgIpc) is 2.87. The molecule has 1 N–H and O–H groups in total. The van der Waals surface area contributed by atoms with Crippen LogP contribution < -0.4 is 5.32 Å². The van der Waals surface area contributed by atoms with Gasteiger partial charge in [-0.05, 0) is 71.8 Å². The van der Waals surface area contributed by atoms with E-state index < -0.39 is 0 Å². The average molecular weight is 351 g/mol. The molecule has 1 aliphatic carbocycles. The van der Waals surface area contributed by atoms with Gasteiger partial charge in [-0.15, -0.1) is 11.3 Å². The topological polar surface area (TPSA) is 42.0 Å². The van der Waals surface area contributed by atoms with Crippen LogP contribution in [0.25, 0.3) is 0 Å². The summed E-state index contributed by atoms with van der Waals surface area (Å²) in [5.74, 6) is -0.0343. The number of nitrogens with zero attached hydrogens (tertiary/aromatic N) is 1. The summed E-state index contributed by atoms with van der Waals surface area (Å²) in [6.07, 6.45) is 6.37. The second-order valence-electron chi connectivity index (χ2n) is 5.05. The Morgan fingerprint density at radius 3 is 2.90 bits per heavy atom. The Morgan fingerprint density at radius 1 is 1.35 bits per heavy atom. The lowest BCUT2D eigenvalue weighted by Crippen LogP contribution is -2.10. The van der Waals surface area contributed by atoms with Gasteiger partial charge in [-0.1, -0.05) is 0 Å². The first kappa shape index (κ1) is 13.8. The summed E-state index contributed by atoms with van der Waals surface area (Å²) in [4.78, 5) is 18.7. The predicted molar refractivity (Wildman–Crippen MR) is 85.6 cm³/mol. The minimum atomic E-state index is -0.0343. The van der Waals surface area contributed by atoms with Crippen molar-refractivity contribution in [1.29, 1.82) is 0 Å². The van der Waals surface area contributed by atoms with Gasteiger partial charge in [-0.3, -0.25) is 4.79 Å². The standard InChI is InChI=1S/C15H15BrN2OS/c1-9-6-11(8-17-14(9)16)18-15(19)13-7-10-4-2-3-5-12(10)20-13/h6-8H,2-5H2,1H3,(H,18,19). The van der Waals surface area contributed by atoms with Gasteiger partial charge in [-0.2, -0.15) is 0 Å². The Morgan fingerprint density at radius 2 is 2.15 bits per heavy atom. The van der Waals surface area contributed by atoms with Gasteiger partial charge in [0.2, 0.25) is 0 Å². The molecule has 2 heterocycles. The number of thiophene rings is 1. The molecule has 2 aromatic rings. The lowest BCUT2D eigenvalue weighted by Gasteiger charge is -2.08. The zero-order valence-electron chi connectivity index (χ0n) is 11.2. The van der Waals surface area contributed by atoms with Gasteiger partial charge in [0.1, 0.15) is 4.60 Å². The van der Waals surface area contributed by atoms with Crippen LogP contribution in [-0.2, 0) is 12.8 Å². The molecule has 0 unspecified atom stereocenters. The van der Waals surface area contributed by atoms with Crippen molar-refractivity contribution in [2.45, 2.75) is 32.6 Å². The van der Waals surface area contributed by atoms with Crippen molar-refractivity contribution in [3.8, 4) is 0 Å². The van der Waals surface area contributed by atoms with Gasteiger partial charge in [0.15, 0.2) is 0 Å². The first-order chi connectivity index (χ1) is 9.63. The number of nitrogens with one attached hydrogen (secondary N) is 1. The highest BCUT2D eigenvalue weighted by atomic mass is 79.9. The molecule has 0 saturated carbocycles. The van der Waals surface area contributed by atoms with Crippen molar-refractivity contribution in [3.63, 3.8) is 0 Å². The van der Waals surface area contributed by atoms with Gasteiger partial charge < -0.3 is 5.32 Å². The monoisotopic (exact) mass is 350 g/mol. The molecule has 104 valence electrons. The van der Waals surface area contributed by atoms with Crippen molar-refractivity contribution >= 4 is 38.9 Å². The fourth-order valence-electron chi connectivity index (χ4n) is 2.42. The summed E-state index contributed by atoms with van der Waals surface area (Å²) >= 11 is 4.99. The number of hydrogen-bond donors (Lipinski definition) is 1. The van der Waals surface area contributed by atoms with Crippen LogP contribution in [0.15, 0.2) is 22.9 Å². The Kier molecular flexibility index (Phi) is 3.89. The number of rotatable bonds is 2. The lowest BCUT2D eigenvalue weighted by atomic mass is 9.99. The zero-order chi connectivity index (χ0) is 14.1. The number of amides is 1. The van der Waals surface area contributed by atoms with E-state index in [1.54, 1.807) is 17.5 Å². The Balaban J connectivity index is 1.78. The maximum atomic E-state index is 12.3. The van der Waals surface area contributed by atoms with Crippen LogP contribution in [0.5, 0.6) is 0 Å². The van der Waals surface area contributed by atoms with Crippen LogP contribution in [0.1, 0.15) is 38.5 Å². The van der Waals surface area contributed by atoms with E-state index in [0.717, 1.165) is 33.6 Å². The molecular weight excluding hydrogens is 336 g/mol. The van der Waals surface area contributed by atoms with Crippen LogP contribution >= 0.6 is 27.3 Å². The van der Waals surface area contributed by atoms with Crippen molar-refractivity contribution in [1.82, 2.24) is 4.98 Å². The highest BCUT2D eigenvalue weighted by Crippen LogP contribution is 2.30. The van der Waals surface area contributed by atoms with E-state index in [-0.39, 0.29) is 5.91 Å². The summed E-state index contributed by atoms with van der Waals surface area (Å²) in [6, 6.07) is 3.97. The number of carbonyl (C=O) groups excluding carboxylic acids is 1. The van der Waals surface area contributed by atoms with Gasteiger partial charge in [0, 0.05) is 4.88 Å². The first-order valence-electron chi connectivity index (χ1n) is 6.68. The first-order valence-corrected chi connectivity index (χ1v) is 8.29. The molecule has 0 fully saturated rings. The number of fused-ring (bicyclic) bond motifs is 1. The molecular formula is C15H15BrN2OS. The van der Waals surface area contributed by atoms with E-state index in [1.807, 2.05) is 19.1 Å².